The maximum atomic E-state index is 11.8. The molecular weight excluding hydrogens is 248 g/mol. The predicted molar refractivity (Wildman–Crippen MR) is 65.5 cm³/mol. The van der Waals surface area contributed by atoms with Crippen LogP contribution in [0.2, 0.25) is 0 Å². The SMILES string of the molecule is C[SH]1C=NN=C1OS(=O)(=O)c1ccccc1. The zero-order valence-electron chi connectivity index (χ0n) is 8.44. The molecule has 0 aliphatic carbocycles. The molecule has 1 aliphatic heterocycles. The van der Waals surface area contributed by atoms with Gasteiger partial charge in [0.05, 0.1) is 5.55 Å². The van der Waals surface area contributed by atoms with Gasteiger partial charge in [-0.25, -0.2) is 0 Å². The zero-order valence-corrected chi connectivity index (χ0v) is 10.1. The van der Waals surface area contributed by atoms with Gasteiger partial charge in [0, 0.05) is 0 Å². The van der Waals surface area contributed by atoms with Gasteiger partial charge in [-0.1, -0.05) is 18.2 Å². The summed E-state index contributed by atoms with van der Waals surface area (Å²) in [4.78, 5) is 0.119. The highest BCUT2D eigenvalue weighted by molar-refractivity contribution is 8.39. The minimum atomic E-state index is -3.77. The first kappa shape index (κ1) is 11.2. The summed E-state index contributed by atoms with van der Waals surface area (Å²) in [5.41, 5.74) is 1.59. The fraction of sp³-hybridized carbons (Fsp3) is 0.111. The second kappa shape index (κ2) is 4.26. The van der Waals surface area contributed by atoms with Crippen molar-refractivity contribution in [3.05, 3.63) is 30.3 Å². The van der Waals surface area contributed by atoms with Gasteiger partial charge in [0.15, 0.2) is 0 Å². The molecular formula is C9H10N2O3S2. The van der Waals surface area contributed by atoms with Crippen LogP contribution in [0.25, 0.3) is 0 Å². The van der Waals surface area contributed by atoms with E-state index in [0.29, 0.717) is 0 Å². The van der Waals surface area contributed by atoms with Gasteiger partial charge in [-0.15, -0.1) is 21.1 Å². The van der Waals surface area contributed by atoms with E-state index in [1.54, 1.807) is 23.7 Å². The standard InChI is InChI=1S/C9H10N2O3S2/c1-15-7-10-11-9(15)14-16(12,13)8-5-3-2-4-6-8/h2-7,15H,1H3. The van der Waals surface area contributed by atoms with Crippen LogP contribution in [-0.2, 0) is 14.3 Å². The highest BCUT2D eigenvalue weighted by atomic mass is 32.2. The maximum Gasteiger partial charge on any atom is 0.341 e. The number of hydrogen-bond acceptors (Lipinski definition) is 5. The first-order valence-corrected chi connectivity index (χ1v) is 7.70. The van der Waals surface area contributed by atoms with Crippen LogP contribution in [0.15, 0.2) is 45.4 Å². The predicted octanol–water partition coefficient (Wildman–Crippen LogP) is 1.34. The van der Waals surface area contributed by atoms with Gasteiger partial charge in [0.1, 0.15) is 4.90 Å². The molecule has 1 unspecified atom stereocenters. The lowest BCUT2D eigenvalue weighted by Gasteiger charge is -2.09. The van der Waals surface area contributed by atoms with Crippen LogP contribution in [0.3, 0.4) is 0 Å². The van der Waals surface area contributed by atoms with E-state index in [1.807, 2.05) is 6.26 Å². The van der Waals surface area contributed by atoms with Gasteiger partial charge in [-0.05, 0) is 18.4 Å². The van der Waals surface area contributed by atoms with Gasteiger partial charge < -0.3 is 4.18 Å². The molecule has 1 heterocycles. The molecule has 1 atom stereocenters. The number of hydrogen-bond donors (Lipinski definition) is 1. The molecule has 0 fully saturated rings. The molecule has 1 aromatic carbocycles. The Bertz CT molecular complexity index is 537. The molecule has 0 bridgehead atoms. The molecule has 0 radical (unpaired) electrons. The summed E-state index contributed by atoms with van der Waals surface area (Å²) in [7, 11) is -4.60. The van der Waals surface area contributed by atoms with Crippen molar-refractivity contribution in [1.82, 2.24) is 0 Å². The first-order valence-electron chi connectivity index (χ1n) is 4.43. The monoisotopic (exact) mass is 258 g/mol. The Kier molecular flexibility index (Phi) is 2.97. The van der Waals surface area contributed by atoms with E-state index >= 15 is 0 Å². The average Bonchev–Trinajstić information content (AvgIpc) is 2.65. The summed E-state index contributed by atoms with van der Waals surface area (Å²) < 4.78 is 28.5. The van der Waals surface area contributed by atoms with Gasteiger partial charge in [-0.2, -0.15) is 8.42 Å². The van der Waals surface area contributed by atoms with Crippen LogP contribution in [0.5, 0.6) is 0 Å². The summed E-state index contributed by atoms with van der Waals surface area (Å²) in [6.45, 7) is 0. The number of benzene rings is 1. The van der Waals surface area contributed by atoms with E-state index in [9.17, 15) is 8.42 Å². The van der Waals surface area contributed by atoms with Crippen LogP contribution < -0.4 is 0 Å². The van der Waals surface area contributed by atoms with Crippen LogP contribution >= 0.6 is 10.9 Å². The molecule has 1 aromatic rings. The van der Waals surface area contributed by atoms with Crippen molar-refractivity contribution in [1.29, 1.82) is 0 Å². The van der Waals surface area contributed by atoms with Gasteiger partial charge >= 0.3 is 10.1 Å². The Labute approximate surface area is 96.3 Å². The Balaban J connectivity index is 2.22. The quantitative estimate of drug-likeness (QED) is 0.643. The Morgan fingerprint density at radius 2 is 1.94 bits per heavy atom. The van der Waals surface area contributed by atoms with Gasteiger partial charge in [0.25, 0.3) is 5.23 Å². The van der Waals surface area contributed by atoms with E-state index in [1.165, 1.54) is 12.1 Å². The number of rotatable bonds is 2. The van der Waals surface area contributed by atoms with Crippen LogP contribution in [-0.4, -0.2) is 25.4 Å². The highest BCUT2D eigenvalue weighted by Crippen LogP contribution is 2.27. The third kappa shape index (κ3) is 2.25. The van der Waals surface area contributed by atoms with E-state index in [2.05, 4.69) is 10.2 Å². The molecule has 0 saturated carbocycles. The molecule has 1 aliphatic rings. The number of thiol groups is 1. The van der Waals surface area contributed by atoms with E-state index in [-0.39, 0.29) is 10.1 Å². The van der Waals surface area contributed by atoms with E-state index in [0.717, 1.165) is 0 Å². The van der Waals surface area contributed by atoms with Crippen molar-refractivity contribution in [2.45, 2.75) is 4.90 Å². The second-order valence-corrected chi connectivity index (χ2v) is 6.46. The van der Waals surface area contributed by atoms with Crippen LogP contribution in [0.1, 0.15) is 0 Å². The summed E-state index contributed by atoms with van der Waals surface area (Å²) in [5.74, 6) is 0. The lowest BCUT2D eigenvalue weighted by Crippen LogP contribution is -2.12. The summed E-state index contributed by atoms with van der Waals surface area (Å²) in [6.07, 6.45) is 1.82. The Morgan fingerprint density at radius 3 is 2.50 bits per heavy atom. The third-order valence-electron chi connectivity index (χ3n) is 1.89. The van der Waals surface area contributed by atoms with Gasteiger partial charge in [-0.3, -0.25) is 0 Å². The fourth-order valence-electron chi connectivity index (χ4n) is 1.08. The summed E-state index contributed by atoms with van der Waals surface area (Å²) in [5, 5.41) is 7.43. The molecule has 0 amide bonds. The lowest BCUT2D eigenvalue weighted by atomic mass is 10.4. The van der Waals surface area contributed by atoms with Crippen LogP contribution in [0.4, 0.5) is 0 Å². The molecule has 0 N–H and O–H groups in total. The minimum Gasteiger partial charge on any atom is -0.352 e. The fourth-order valence-corrected chi connectivity index (χ4v) is 3.16. The van der Waals surface area contributed by atoms with Crippen molar-refractivity contribution in [2.75, 3.05) is 6.26 Å². The van der Waals surface area contributed by atoms with Crippen molar-refractivity contribution >= 4 is 31.8 Å². The molecule has 0 saturated heterocycles. The normalized spacial score (nSPS) is 21.8. The molecule has 0 spiro atoms. The molecule has 0 aromatic heterocycles. The lowest BCUT2D eigenvalue weighted by molar-refractivity contribution is 0.488. The third-order valence-corrected chi connectivity index (χ3v) is 4.47. The van der Waals surface area contributed by atoms with E-state index < -0.39 is 21.0 Å². The molecule has 86 valence electrons. The zero-order chi connectivity index (χ0) is 11.6. The van der Waals surface area contributed by atoms with Crippen molar-refractivity contribution in [3.8, 4) is 0 Å². The summed E-state index contributed by atoms with van der Waals surface area (Å²) in [6, 6.07) is 7.96. The largest absolute Gasteiger partial charge is 0.352 e. The van der Waals surface area contributed by atoms with E-state index in [4.69, 9.17) is 4.18 Å². The van der Waals surface area contributed by atoms with Crippen molar-refractivity contribution in [3.63, 3.8) is 0 Å². The molecule has 2 rings (SSSR count). The van der Waals surface area contributed by atoms with Crippen molar-refractivity contribution < 1.29 is 12.6 Å². The maximum absolute atomic E-state index is 11.8. The Morgan fingerprint density at radius 1 is 1.25 bits per heavy atom. The number of nitrogens with zero attached hydrogens (tertiary/aromatic N) is 2. The highest BCUT2D eigenvalue weighted by Gasteiger charge is 2.22. The first-order chi connectivity index (χ1) is 7.59. The average molecular weight is 258 g/mol. The van der Waals surface area contributed by atoms with Crippen molar-refractivity contribution in [2.24, 2.45) is 10.2 Å². The molecule has 5 nitrogen and oxygen atoms in total. The minimum absolute atomic E-state index is 0.119. The molecule has 16 heavy (non-hydrogen) atoms. The smallest absolute Gasteiger partial charge is 0.341 e. The van der Waals surface area contributed by atoms with Gasteiger partial charge in [0.2, 0.25) is 0 Å². The Hall–Kier alpha value is -1.34. The molecule has 7 heteroatoms. The van der Waals surface area contributed by atoms with Crippen LogP contribution in [0, 0.1) is 0 Å². The summed E-state index contributed by atoms with van der Waals surface area (Å²) >= 11 is 0. The topological polar surface area (TPSA) is 68.1 Å². The second-order valence-electron chi connectivity index (χ2n) is 3.07.